The van der Waals surface area contributed by atoms with Crippen molar-refractivity contribution in [3.63, 3.8) is 0 Å². The molecule has 0 bridgehead atoms. The average molecular weight is 370 g/mol. The number of amides is 1. The number of nitrogens with one attached hydrogen (secondary N) is 1. The van der Waals surface area contributed by atoms with E-state index in [4.69, 9.17) is 16.3 Å². The number of carbonyl (C=O) groups excluding carboxylic acids is 2. The molecule has 4 atom stereocenters. The van der Waals surface area contributed by atoms with Crippen LogP contribution in [0.1, 0.15) is 26.3 Å². The third-order valence-corrected chi connectivity index (χ3v) is 4.20. The number of aromatic nitrogens is 4. The first kappa shape index (κ1) is 17.5. The van der Waals surface area contributed by atoms with Crippen LogP contribution in [0.4, 0.5) is 5.95 Å². The summed E-state index contributed by atoms with van der Waals surface area (Å²) in [4.78, 5) is 34.6. The molecule has 10 nitrogen and oxygen atoms in total. The van der Waals surface area contributed by atoms with Crippen LogP contribution in [-0.4, -0.2) is 59.9 Å². The Morgan fingerprint density at radius 2 is 2.04 bits per heavy atom. The van der Waals surface area contributed by atoms with Crippen LogP contribution in [0.3, 0.4) is 0 Å². The van der Waals surface area contributed by atoms with E-state index in [0.717, 1.165) is 0 Å². The number of hydrogen-bond donors (Lipinski definition) is 3. The van der Waals surface area contributed by atoms with Crippen molar-refractivity contribution in [1.29, 1.82) is 0 Å². The predicted molar refractivity (Wildman–Crippen MR) is 85.9 cm³/mol. The van der Waals surface area contributed by atoms with Gasteiger partial charge in [-0.2, -0.15) is 9.97 Å². The van der Waals surface area contributed by atoms with Gasteiger partial charge in [0.25, 0.3) is 0 Å². The minimum absolute atomic E-state index is 0.00341. The number of aliphatic hydroxyl groups is 2. The summed E-state index contributed by atoms with van der Waals surface area (Å²) < 4.78 is 6.56. The summed E-state index contributed by atoms with van der Waals surface area (Å²) in [6, 6.07) is -0.638. The molecule has 0 saturated heterocycles. The third-order valence-electron chi connectivity index (χ3n) is 3.94. The summed E-state index contributed by atoms with van der Waals surface area (Å²) in [5.74, 6) is -0.922. The van der Waals surface area contributed by atoms with Crippen LogP contribution in [0, 0.1) is 0 Å². The fraction of sp³-hybridized carbons (Fsp3) is 0.500. The molecule has 134 valence electrons. The molecule has 1 aliphatic carbocycles. The molecule has 1 saturated carbocycles. The zero-order valence-electron chi connectivity index (χ0n) is 13.4. The Kier molecular flexibility index (Phi) is 4.58. The number of rotatable bonds is 3. The quantitative estimate of drug-likeness (QED) is 0.508. The predicted octanol–water partition coefficient (Wildman–Crippen LogP) is 0.0364. The number of ether oxygens (including phenoxy) is 1. The van der Waals surface area contributed by atoms with Crippen LogP contribution in [-0.2, 0) is 14.3 Å². The van der Waals surface area contributed by atoms with Crippen LogP contribution in [0.5, 0.6) is 0 Å². The number of halogens is 1. The van der Waals surface area contributed by atoms with Crippen molar-refractivity contribution in [3.05, 3.63) is 11.5 Å². The van der Waals surface area contributed by atoms with Crippen molar-refractivity contribution in [2.24, 2.45) is 0 Å². The monoisotopic (exact) mass is 369 g/mol. The molecule has 11 heteroatoms. The van der Waals surface area contributed by atoms with E-state index in [1.54, 1.807) is 0 Å². The number of esters is 1. The van der Waals surface area contributed by atoms with Crippen molar-refractivity contribution >= 4 is 40.6 Å². The number of hydrogen-bond acceptors (Lipinski definition) is 8. The lowest BCUT2D eigenvalue weighted by atomic mass is 10.2. The van der Waals surface area contributed by atoms with Crippen LogP contribution in [0.25, 0.3) is 11.2 Å². The minimum Gasteiger partial charge on any atom is -0.460 e. The number of imidazole rings is 1. The van der Waals surface area contributed by atoms with Gasteiger partial charge in [-0.1, -0.05) is 11.6 Å². The second kappa shape index (κ2) is 6.54. The molecule has 0 radical (unpaired) electrons. The van der Waals surface area contributed by atoms with E-state index < -0.39 is 30.3 Å². The van der Waals surface area contributed by atoms with Crippen molar-refractivity contribution in [3.8, 4) is 0 Å². The van der Waals surface area contributed by atoms with Crippen molar-refractivity contribution in [2.45, 2.75) is 44.6 Å². The number of anilines is 1. The summed E-state index contributed by atoms with van der Waals surface area (Å²) in [5.41, 5.74) is 0.567. The summed E-state index contributed by atoms with van der Waals surface area (Å²) in [6.07, 6.45) is -1.70. The van der Waals surface area contributed by atoms with E-state index in [1.807, 2.05) is 0 Å². The molecule has 25 heavy (non-hydrogen) atoms. The molecule has 4 unspecified atom stereocenters. The molecule has 2 aromatic heterocycles. The molecular formula is C14H16ClN5O5. The van der Waals surface area contributed by atoms with Crippen LogP contribution < -0.4 is 5.32 Å². The second-order valence-corrected chi connectivity index (χ2v) is 6.13. The Morgan fingerprint density at radius 1 is 1.32 bits per heavy atom. The van der Waals surface area contributed by atoms with Gasteiger partial charge in [0.05, 0.1) is 12.4 Å². The zero-order chi connectivity index (χ0) is 18.3. The SMILES string of the molecule is CC(=O)Nc1nc(Cl)c2ncn(C3CC(OC(C)=O)C(O)C3O)c2n1. The second-order valence-electron chi connectivity index (χ2n) is 5.78. The molecule has 0 aliphatic heterocycles. The highest BCUT2D eigenvalue weighted by Gasteiger charge is 2.45. The number of aliphatic hydroxyl groups excluding tert-OH is 2. The van der Waals surface area contributed by atoms with E-state index >= 15 is 0 Å². The van der Waals surface area contributed by atoms with Gasteiger partial charge < -0.3 is 19.5 Å². The van der Waals surface area contributed by atoms with Gasteiger partial charge in [0.1, 0.15) is 23.8 Å². The first-order chi connectivity index (χ1) is 11.8. The van der Waals surface area contributed by atoms with Crippen molar-refractivity contribution in [2.75, 3.05) is 5.32 Å². The standard InChI is InChI=1S/C14H16ClN5O5/c1-5(21)17-14-18-12(15)9-13(19-14)20(4-16-9)7-3-8(25-6(2)22)11(24)10(7)23/h4,7-8,10-11,23-24H,3H2,1-2H3,(H,17,18,19,21). The largest absolute Gasteiger partial charge is 0.460 e. The first-order valence-corrected chi connectivity index (χ1v) is 7.86. The molecule has 0 aromatic carbocycles. The smallest absolute Gasteiger partial charge is 0.302 e. The number of fused-ring (bicyclic) bond motifs is 1. The fourth-order valence-electron chi connectivity index (χ4n) is 2.91. The van der Waals surface area contributed by atoms with Gasteiger partial charge in [0.15, 0.2) is 10.8 Å². The molecular weight excluding hydrogens is 354 g/mol. The van der Waals surface area contributed by atoms with Gasteiger partial charge in [0.2, 0.25) is 11.9 Å². The fourth-order valence-corrected chi connectivity index (χ4v) is 3.13. The van der Waals surface area contributed by atoms with E-state index in [0.29, 0.717) is 0 Å². The van der Waals surface area contributed by atoms with Crippen molar-refractivity contribution < 1.29 is 24.5 Å². The van der Waals surface area contributed by atoms with Gasteiger partial charge in [-0.05, 0) is 0 Å². The Labute approximate surface area is 146 Å². The van der Waals surface area contributed by atoms with Crippen LogP contribution >= 0.6 is 11.6 Å². The summed E-state index contributed by atoms with van der Waals surface area (Å²) in [6.45, 7) is 2.53. The van der Waals surface area contributed by atoms with Gasteiger partial charge >= 0.3 is 5.97 Å². The summed E-state index contributed by atoms with van der Waals surface area (Å²) >= 11 is 6.07. The molecule has 3 N–H and O–H groups in total. The zero-order valence-corrected chi connectivity index (χ0v) is 14.1. The number of carbonyl (C=O) groups is 2. The highest BCUT2D eigenvalue weighted by Crippen LogP contribution is 2.35. The summed E-state index contributed by atoms with van der Waals surface area (Å²) in [5, 5.41) is 22.9. The average Bonchev–Trinajstić information content (AvgIpc) is 3.03. The highest BCUT2D eigenvalue weighted by molar-refractivity contribution is 6.33. The molecule has 1 amide bonds. The Bertz CT molecular complexity index is 840. The van der Waals surface area contributed by atoms with E-state index in [1.165, 1.54) is 24.7 Å². The highest BCUT2D eigenvalue weighted by atomic mass is 35.5. The van der Waals surface area contributed by atoms with Crippen molar-refractivity contribution in [1.82, 2.24) is 19.5 Å². The molecule has 2 heterocycles. The van der Waals surface area contributed by atoms with E-state index in [9.17, 15) is 19.8 Å². The third kappa shape index (κ3) is 3.28. The lowest BCUT2D eigenvalue weighted by Gasteiger charge is -2.18. The molecule has 1 fully saturated rings. The molecule has 2 aromatic rings. The maximum Gasteiger partial charge on any atom is 0.302 e. The van der Waals surface area contributed by atoms with E-state index in [-0.39, 0.29) is 34.6 Å². The molecule has 1 aliphatic rings. The Hall–Kier alpha value is -2.30. The van der Waals surface area contributed by atoms with E-state index in [2.05, 4.69) is 20.3 Å². The Morgan fingerprint density at radius 3 is 2.68 bits per heavy atom. The lowest BCUT2D eigenvalue weighted by Crippen LogP contribution is -2.33. The topological polar surface area (TPSA) is 139 Å². The van der Waals surface area contributed by atoms with Crippen LogP contribution in [0.2, 0.25) is 5.15 Å². The first-order valence-electron chi connectivity index (χ1n) is 7.49. The maximum absolute atomic E-state index is 11.2. The van der Waals surface area contributed by atoms with Gasteiger partial charge in [-0.15, -0.1) is 0 Å². The maximum atomic E-state index is 11.2. The molecule has 0 spiro atoms. The lowest BCUT2D eigenvalue weighted by molar-refractivity contribution is -0.152. The summed E-state index contributed by atoms with van der Waals surface area (Å²) in [7, 11) is 0. The van der Waals surface area contributed by atoms with Crippen LogP contribution in [0.15, 0.2) is 6.33 Å². The molecule has 3 rings (SSSR count). The number of nitrogens with zero attached hydrogens (tertiary/aromatic N) is 4. The normalized spacial score (nSPS) is 26.0. The Balaban J connectivity index is 1.99. The van der Waals surface area contributed by atoms with Gasteiger partial charge in [-0.3, -0.25) is 14.9 Å². The van der Waals surface area contributed by atoms with Gasteiger partial charge in [0, 0.05) is 20.3 Å². The minimum atomic E-state index is -1.24. The van der Waals surface area contributed by atoms with Gasteiger partial charge in [-0.25, -0.2) is 4.98 Å².